The molecule has 6 heteroatoms. The highest BCUT2D eigenvalue weighted by atomic mass is 16.6. The van der Waals surface area contributed by atoms with E-state index in [0.717, 1.165) is 0 Å². The van der Waals surface area contributed by atoms with Gasteiger partial charge in [-0.1, -0.05) is 12.1 Å². The SMILES string of the molecule is CCOCc1cccc([N+](=O)[O-])c1C(=O)O. The second kappa shape index (κ2) is 5.22. The lowest BCUT2D eigenvalue weighted by atomic mass is 10.1. The van der Waals surface area contributed by atoms with Gasteiger partial charge in [-0.15, -0.1) is 0 Å². The third kappa shape index (κ3) is 2.54. The molecule has 0 atom stereocenters. The van der Waals surface area contributed by atoms with Crippen molar-refractivity contribution in [3.63, 3.8) is 0 Å². The van der Waals surface area contributed by atoms with Crippen LogP contribution in [-0.4, -0.2) is 22.6 Å². The molecule has 1 N–H and O–H groups in total. The van der Waals surface area contributed by atoms with Crippen molar-refractivity contribution in [2.45, 2.75) is 13.5 Å². The van der Waals surface area contributed by atoms with Crippen molar-refractivity contribution in [3.8, 4) is 0 Å². The summed E-state index contributed by atoms with van der Waals surface area (Å²) < 4.78 is 5.06. The Hall–Kier alpha value is -1.95. The van der Waals surface area contributed by atoms with Crippen LogP contribution in [0.4, 0.5) is 5.69 Å². The Bertz CT molecular complexity index is 416. The van der Waals surface area contributed by atoms with Crippen LogP contribution in [0.25, 0.3) is 0 Å². The zero-order valence-electron chi connectivity index (χ0n) is 8.67. The summed E-state index contributed by atoms with van der Waals surface area (Å²) in [4.78, 5) is 20.9. The molecule has 0 spiro atoms. The molecule has 0 heterocycles. The van der Waals surface area contributed by atoms with Gasteiger partial charge in [0.1, 0.15) is 5.56 Å². The van der Waals surface area contributed by atoms with Crippen LogP contribution in [0.5, 0.6) is 0 Å². The molecule has 0 bridgehead atoms. The standard InChI is InChI=1S/C10H11NO5/c1-2-16-6-7-4-3-5-8(11(14)15)9(7)10(12)13/h3-5H,2,6H2,1H3,(H,12,13). The maximum atomic E-state index is 11.0. The van der Waals surface area contributed by atoms with Crippen LogP contribution in [0.15, 0.2) is 18.2 Å². The first-order chi connectivity index (χ1) is 7.57. The van der Waals surface area contributed by atoms with E-state index < -0.39 is 16.6 Å². The Morgan fingerprint density at radius 1 is 1.56 bits per heavy atom. The molecule has 0 saturated carbocycles. The molecule has 1 aromatic carbocycles. The molecule has 1 aromatic rings. The van der Waals surface area contributed by atoms with Gasteiger partial charge in [0.25, 0.3) is 5.69 Å². The molecule has 0 amide bonds. The zero-order valence-corrected chi connectivity index (χ0v) is 8.67. The minimum atomic E-state index is -1.32. The molecule has 0 radical (unpaired) electrons. The number of hydrogen-bond acceptors (Lipinski definition) is 4. The Balaban J connectivity index is 3.21. The monoisotopic (exact) mass is 225 g/mol. The lowest BCUT2D eigenvalue weighted by Crippen LogP contribution is -2.08. The second-order valence-electron chi connectivity index (χ2n) is 3.01. The fraction of sp³-hybridized carbons (Fsp3) is 0.300. The lowest BCUT2D eigenvalue weighted by Gasteiger charge is -2.06. The highest BCUT2D eigenvalue weighted by molar-refractivity contribution is 5.94. The van der Waals surface area contributed by atoms with Crippen molar-refractivity contribution in [1.82, 2.24) is 0 Å². The third-order valence-corrected chi connectivity index (χ3v) is 2.00. The van der Waals surface area contributed by atoms with Crippen molar-refractivity contribution in [3.05, 3.63) is 39.4 Å². The van der Waals surface area contributed by atoms with E-state index in [-0.39, 0.29) is 12.2 Å². The molecule has 1 rings (SSSR count). The number of carbonyl (C=O) groups is 1. The zero-order chi connectivity index (χ0) is 12.1. The summed E-state index contributed by atoms with van der Waals surface area (Å²) in [7, 11) is 0. The summed E-state index contributed by atoms with van der Waals surface area (Å²) in [6, 6.07) is 4.12. The number of nitro benzene ring substituents is 1. The van der Waals surface area contributed by atoms with Gasteiger partial charge in [0.05, 0.1) is 11.5 Å². The third-order valence-electron chi connectivity index (χ3n) is 2.00. The van der Waals surface area contributed by atoms with Gasteiger partial charge < -0.3 is 9.84 Å². The van der Waals surface area contributed by atoms with Gasteiger partial charge in [-0.25, -0.2) is 4.79 Å². The number of benzene rings is 1. The van der Waals surface area contributed by atoms with Gasteiger partial charge in [0.2, 0.25) is 0 Å². The fourth-order valence-corrected chi connectivity index (χ4v) is 1.32. The average molecular weight is 225 g/mol. The van der Waals surface area contributed by atoms with Crippen molar-refractivity contribution >= 4 is 11.7 Å². The van der Waals surface area contributed by atoms with Crippen LogP contribution in [0.3, 0.4) is 0 Å². The minimum Gasteiger partial charge on any atom is -0.477 e. The number of aromatic carboxylic acids is 1. The highest BCUT2D eigenvalue weighted by Crippen LogP contribution is 2.22. The summed E-state index contributed by atoms with van der Waals surface area (Å²) in [6.45, 7) is 2.24. The van der Waals surface area contributed by atoms with E-state index >= 15 is 0 Å². The summed E-state index contributed by atoms with van der Waals surface area (Å²) in [5, 5.41) is 19.6. The lowest BCUT2D eigenvalue weighted by molar-refractivity contribution is -0.385. The molecule has 0 aliphatic heterocycles. The Kier molecular flexibility index (Phi) is 3.96. The number of rotatable bonds is 5. The van der Waals surface area contributed by atoms with Gasteiger partial charge in [-0.05, 0) is 12.5 Å². The van der Waals surface area contributed by atoms with Crippen LogP contribution >= 0.6 is 0 Å². The van der Waals surface area contributed by atoms with E-state index in [1.807, 2.05) is 0 Å². The molecule has 0 fully saturated rings. The van der Waals surface area contributed by atoms with Crippen LogP contribution in [0, 0.1) is 10.1 Å². The molecule has 0 aliphatic carbocycles. The van der Waals surface area contributed by atoms with Gasteiger partial charge in [-0.3, -0.25) is 10.1 Å². The van der Waals surface area contributed by atoms with Crippen molar-refractivity contribution in [1.29, 1.82) is 0 Å². The molecule has 0 aliphatic rings. The summed E-state index contributed by atoms with van der Waals surface area (Å²) in [5.74, 6) is -1.32. The summed E-state index contributed by atoms with van der Waals surface area (Å²) in [5.41, 5.74) is -0.408. The second-order valence-corrected chi connectivity index (χ2v) is 3.01. The summed E-state index contributed by atoms with van der Waals surface area (Å²) >= 11 is 0. The van der Waals surface area contributed by atoms with Gasteiger partial charge in [0, 0.05) is 12.7 Å². The van der Waals surface area contributed by atoms with E-state index in [1.165, 1.54) is 18.2 Å². The Labute approximate surface area is 91.6 Å². The largest absolute Gasteiger partial charge is 0.477 e. The minimum absolute atomic E-state index is 0.0554. The number of nitrogens with zero attached hydrogens (tertiary/aromatic N) is 1. The Morgan fingerprint density at radius 3 is 2.75 bits per heavy atom. The molecule has 86 valence electrons. The van der Waals surface area contributed by atoms with E-state index in [9.17, 15) is 14.9 Å². The number of hydrogen-bond donors (Lipinski definition) is 1. The number of nitro groups is 1. The molecule has 0 saturated heterocycles. The van der Waals surface area contributed by atoms with Gasteiger partial charge >= 0.3 is 5.97 Å². The Morgan fingerprint density at radius 2 is 2.25 bits per heavy atom. The average Bonchev–Trinajstić information content (AvgIpc) is 2.25. The number of ether oxygens (including phenoxy) is 1. The summed E-state index contributed by atoms with van der Waals surface area (Å²) in [6.07, 6.45) is 0. The van der Waals surface area contributed by atoms with Crippen LogP contribution < -0.4 is 0 Å². The highest BCUT2D eigenvalue weighted by Gasteiger charge is 2.23. The number of carboxylic acid groups (broad SMARTS) is 1. The smallest absolute Gasteiger partial charge is 0.343 e. The van der Waals surface area contributed by atoms with Crippen LogP contribution in [-0.2, 0) is 11.3 Å². The predicted octanol–water partition coefficient (Wildman–Crippen LogP) is 1.83. The first kappa shape index (κ1) is 12.1. The van der Waals surface area contributed by atoms with Gasteiger partial charge in [0.15, 0.2) is 0 Å². The normalized spacial score (nSPS) is 10.1. The maximum absolute atomic E-state index is 11.0. The van der Waals surface area contributed by atoms with E-state index in [4.69, 9.17) is 9.84 Å². The maximum Gasteiger partial charge on any atom is 0.343 e. The van der Waals surface area contributed by atoms with Crippen LogP contribution in [0.2, 0.25) is 0 Å². The molecule has 0 unspecified atom stereocenters. The van der Waals surface area contributed by atoms with E-state index in [2.05, 4.69) is 0 Å². The van der Waals surface area contributed by atoms with E-state index in [1.54, 1.807) is 6.92 Å². The van der Waals surface area contributed by atoms with Crippen molar-refractivity contribution in [2.24, 2.45) is 0 Å². The topological polar surface area (TPSA) is 89.7 Å². The number of carboxylic acids is 1. The predicted molar refractivity (Wildman–Crippen MR) is 55.4 cm³/mol. The van der Waals surface area contributed by atoms with Crippen molar-refractivity contribution < 1.29 is 19.6 Å². The molecule has 6 nitrogen and oxygen atoms in total. The van der Waals surface area contributed by atoms with Crippen molar-refractivity contribution in [2.75, 3.05) is 6.61 Å². The molecule has 16 heavy (non-hydrogen) atoms. The molecular formula is C10H11NO5. The molecular weight excluding hydrogens is 214 g/mol. The van der Waals surface area contributed by atoms with Crippen LogP contribution in [0.1, 0.15) is 22.8 Å². The quantitative estimate of drug-likeness (QED) is 0.609. The fourth-order valence-electron chi connectivity index (χ4n) is 1.32. The van der Waals surface area contributed by atoms with E-state index in [0.29, 0.717) is 12.2 Å². The first-order valence-electron chi connectivity index (χ1n) is 4.65. The first-order valence-corrected chi connectivity index (χ1v) is 4.65. The molecule has 0 aromatic heterocycles. The van der Waals surface area contributed by atoms with Gasteiger partial charge in [-0.2, -0.15) is 0 Å².